The van der Waals surface area contributed by atoms with Crippen molar-refractivity contribution in [3.8, 4) is 0 Å². The van der Waals surface area contributed by atoms with Crippen LogP contribution in [0.5, 0.6) is 0 Å². The van der Waals surface area contributed by atoms with Gasteiger partial charge in [0, 0.05) is 19.7 Å². The molecule has 0 aromatic rings. The number of hydrogen-bond donors (Lipinski definition) is 1. The maximum Gasteiger partial charge on any atom is 0.240 e. The molecule has 2 rings (SSSR count). The van der Waals surface area contributed by atoms with Crippen molar-refractivity contribution in [1.82, 2.24) is 10.2 Å². The molecular weight excluding hydrogens is 240 g/mol. The summed E-state index contributed by atoms with van der Waals surface area (Å²) in [7, 11) is 1.70. The number of carbonyl (C=O) groups excluding carboxylic acids is 1. The molecule has 4 heteroatoms. The summed E-state index contributed by atoms with van der Waals surface area (Å²) in [5.74, 6) is 1.64. The first kappa shape index (κ1) is 14.8. The van der Waals surface area contributed by atoms with E-state index in [1.54, 1.807) is 7.11 Å². The van der Waals surface area contributed by atoms with Crippen LogP contribution in [-0.2, 0) is 9.53 Å². The Morgan fingerprint density at radius 1 is 1.42 bits per heavy atom. The molecule has 1 saturated heterocycles. The number of ether oxygens (including phenoxy) is 1. The molecule has 0 aromatic heterocycles. The van der Waals surface area contributed by atoms with Crippen LogP contribution in [0, 0.1) is 11.8 Å². The average Bonchev–Trinajstić information content (AvgIpc) is 3.23. The largest absolute Gasteiger partial charge is 0.383 e. The lowest BCUT2D eigenvalue weighted by Crippen LogP contribution is -2.53. The number of hydrogen-bond acceptors (Lipinski definition) is 3. The van der Waals surface area contributed by atoms with Gasteiger partial charge in [-0.05, 0) is 51.0 Å². The van der Waals surface area contributed by atoms with Gasteiger partial charge in [-0.15, -0.1) is 0 Å². The molecule has 4 nitrogen and oxygen atoms in total. The molecule has 3 atom stereocenters. The molecule has 0 radical (unpaired) electrons. The van der Waals surface area contributed by atoms with Crippen LogP contribution in [0.25, 0.3) is 0 Å². The zero-order valence-corrected chi connectivity index (χ0v) is 12.5. The Balaban J connectivity index is 1.96. The van der Waals surface area contributed by atoms with Crippen molar-refractivity contribution in [1.29, 1.82) is 0 Å². The molecule has 1 aliphatic carbocycles. The van der Waals surface area contributed by atoms with E-state index in [0.29, 0.717) is 24.5 Å². The molecule has 0 bridgehead atoms. The number of carbonyl (C=O) groups is 1. The van der Waals surface area contributed by atoms with Gasteiger partial charge in [-0.3, -0.25) is 4.79 Å². The summed E-state index contributed by atoms with van der Waals surface area (Å²) < 4.78 is 5.17. The highest BCUT2D eigenvalue weighted by molar-refractivity contribution is 5.82. The zero-order valence-electron chi connectivity index (χ0n) is 12.5. The van der Waals surface area contributed by atoms with E-state index in [0.717, 1.165) is 19.5 Å². The molecule has 1 heterocycles. The van der Waals surface area contributed by atoms with E-state index in [-0.39, 0.29) is 11.9 Å². The highest BCUT2D eigenvalue weighted by Gasteiger charge is 2.37. The summed E-state index contributed by atoms with van der Waals surface area (Å²) in [6.45, 7) is 6.75. The number of rotatable bonds is 6. The molecule has 1 aliphatic heterocycles. The topological polar surface area (TPSA) is 41.6 Å². The van der Waals surface area contributed by atoms with Gasteiger partial charge in [-0.2, -0.15) is 0 Å². The van der Waals surface area contributed by atoms with Crippen LogP contribution in [0.3, 0.4) is 0 Å². The van der Waals surface area contributed by atoms with Gasteiger partial charge in [-0.1, -0.05) is 6.92 Å². The molecule has 2 fully saturated rings. The highest BCUT2D eigenvalue weighted by Crippen LogP contribution is 2.35. The Morgan fingerprint density at radius 3 is 2.74 bits per heavy atom. The van der Waals surface area contributed by atoms with Crippen LogP contribution in [-0.4, -0.2) is 49.7 Å². The van der Waals surface area contributed by atoms with Crippen molar-refractivity contribution in [2.24, 2.45) is 11.8 Å². The predicted molar refractivity (Wildman–Crippen MR) is 76.0 cm³/mol. The van der Waals surface area contributed by atoms with Gasteiger partial charge in [0.05, 0.1) is 12.6 Å². The van der Waals surface area contributed by atoms with Gasteiger partial charge in [0.1, 0.15) is 0 Å². The monoisotopic (exact) mass is 268 g/mol. The first-order chi connectivity index (χ1) is 9.13. The molecule has 1 N–H and O–H groups in total. The van der Waals surface area contributed by atoms with E-state index in [2.05, 4.69) is 24.1 Å². The van der Waals surface area contributed by atoms with Crippen LogP contribution in [0.1, 0.15) is 39.5 Å². The van der Waals surface area contributed by atoms with E-state index >= 15 is 0 Å². The van der Waals surface area contributed by atoms with E-state index in [9.17, 15) is 4.79 Å². The third-order valence-electron chi connectivity index (χ3n) is 4.58. The van der Waals surface area contributed by atoms with E-state index in [1.165, 1.54) is 19.3 Å². The Morgan fingerprint density at radius 2 is 2.16 bits per heavy atom. The molecule has 0 aromatic carbocycles. The van der Waals surface area contributed by atoms with Crippen molar-refractivity contribution in [2.45, 2.75) is 51.6 Å². The van der Waals surface area contributed by atoms with Gasteiger partial charge < -0.3 is 15.0 Å². The van der Waals surface area contributed by atoms with Gasteiger partial charge >= 0.3 is 0 Å². The smallest absolute Gasteiger partial charge is 0.240 e. The lowest BCUT2D eigenvalue weighted by Gasteiger charge is -2.35. The number of nitrogens with one attached hydrogen (secondary N) is 1. The molecule has 1 amide bonds. The van der Waals surface area contributed by atoms with E-state index in [4.69, 9.17) is 4.74 Å². The number of piperidine rings is 1. The molecule has 19 heavy (non-hydrogen) atoms. The second-order valence-corrected chi connectivity index (χ2v) is 6.24. The summed E-state index contributed by atoms with van der Waals surface area (Å²) >= 11 is 0. The normalized spacial score (nSPS) is 29.0. The van der Waals surface area contributed by atoms with E-state index in [1.807, 2.05) is 0 Å². The fourth-order valence-corrected chi connectivity index (χ4v) is 3.03. The zero-order chi connectivity index (χ0) is 13.8. The SMILES string of the molecule is COCCN(C(=O)C1CC(C)CCN1)C(C)C1CC1. The first-order valence-corrected chi connectivity index (χ1v) is 7.66. The highest BCUT2D eigenvalue weighted by atomic mass is 16.5. The summed E-state index contributed by atoms with van der Waals surface area (Å²) in [5, 5.41) is 3.39. The Labute approximate surface area is 116 Å². The van der Waals surface area contributed by atoms with Crippen LogP contribution < -0.4 is 5.32 Å². The minimum absolute atomic E-state index is 0.0156. The number of nitrogens with zero attached hydrogens (tertiary/aromatic N) is 1. The number of methoxy groups -OCH3 is 1. The quantitative estimate of drug-likeness (QED) is 0.796. The second-order valence-electron chi connectivity index (χ2n) is 6.24. The molecule has 0 spiro atoms. The summed E-state index contributed by atoms with van der Waals surface area (Å²) in [5.41, 5.74) is 0. The fraction of sp³-hybridized carbons (Fsp3) is 0.933. The third-order valence-corrected chi connectivity index (χ3v) is 4.58. The van der Waals surface area contributed by atoms with Crippen LogP contribution in [0.15, 0.2) is 0 Å². The average molecular weight is 268 g/mol. The number of amides is 1. The molecule has 1 saturated carbocycles. The minimum Gasteiger partial charge on any atom is -0.383 e. The Bertz CT molecular complexity index is 305. The molecular formula is C15H28N2O2. The fourth-order valence-electron chi connectivity index (χ4n) is 3.03. The summed E-state index contributed by atoms with van der Waals surface area (Å²) in [4.78, 5) is 14.8. The van der Waals surface area contributed by atoms with Crippen molar-refractivity contribution >= 4 is 5.91 Å². The molecule has 110 valence electrons. The lowest BCUT2D eigenvalue weighted by molar-refractivity contribution is -0.137. The van der Waals surface area contributed by atoms with Crippen molar-refractivity contribution < 1.29 is 9.53 Å². The lowest BCUT2D eigenvalue weighted by atomic mass is 9.93. The first-order valence-electron chi connectivity index (χ1n) is 7.66. The minimum atomic E-state index is 0.0156. The Kier molecular flexibility index (Phi) is 5.22. The summed E-state index contributed by atoms with van der Waals surface area (Å²) in [6.07, 6.45) is 4.69. The van der Waals surface area contributed by atoms with Crippen molar-refractivity contribution in [3.05, 3.63) is 0 Å². The van der Waals surface area contributed by atoms with Crippen molar-refractivity contribution in [2.75, 3.05) is 26.8 Å². The Hall–Kier alpha value is -0.610. The van der Waals surface area contributed by atoms with Crippen LogP contribution >= 0.6 is 0 Å². The van der Waals surface area contributed by atoms with Gasteiger partial charge in [0.25, 0.3) is 0 Å². The van der Waals surface area contributed by atoms with Crippen LogP contribution in [0.2, 0.25) is 0 Å². The summed E-state index contributed by atoms with van der Waals surface area (Å²) in [6, 6.07) is 0.378. The molecule has 2 aliphatic rings. The van der Waals surface area contributed by atoms with Gasteiger partial charge in [0.2, 0.25) is 5.91 Å². The predicted octanol–water partition coefficient (Wildman–Crippen LogP) is 1.65. The standard InChI is InChI=1S/C15H28N2O2/c1-11-6-7-16-14(10-11)15(18)17(8-9-19-3)12(2)13-4-5-13/h11-14,16H,4-10H2,1-3H3. The molecule has 3 unspecified atom stereocenters. The maximum absolute atomic E-state index is 12.7. The van der Waals surface area contributed by atoms with E-state index < -0.39 is 0 Å². The second kappa shape index (κ2) is 6.71. The third kappa shape index (κ3) is 3.93. The van der Waals surface area contributed by atoms with Crippen LogP contribution in [0.4, 0.5) is 0 Å². The van der Waals surface area contributed by atoms with Gasteiger partial charge in [0.15, 0.2) is 0 Å². The maximum atomic E-state index is 12.7. The van der Waals surface area contributed by atoms with Gasteiger partial charge in [-0.25, -0.2) is 0 Å². The van der Waals surface area contributed by atoms with Crippen molar-refractivity contribution in [3.63, 3.8) is 0 Å².